The number of nitrogens with one attached hydrogen (secondary N) is 3. The zero-order valence-corrected chi connectivity index (χ0v) is 19.0. The SMILES string of the molecule is CCNC(=NCc1ccn[nH]1)NCC(c1ccccc1OC)N1CCCC1.I. The summed E-state index contributed by atoms with van der Waals surface area (Å²) in [5.74, 6) is 1.75. The van der Waals surface area contributed by atoms with E-state index in [1.807, 2.05) is 18.2 Å². The van der Waals surface area contributed by atoms with Gasteiger partial charge in [-0.15, -0.1) is 24.0 Å². The molecule has 8 heteroatoms. The maximum atomic E-state index is 5.63. The first kappa shape index (κ1) is 22.5. The van der Waals surface area contributed by atoms with Gasteiger partial charge in [0, 0.05) is 24.8 Å². The summed E-state index contributed by atoms with van der Waals surface area (Å²) >= 11 is 0. The van der Waals surface area contributed by atoms with Gasteiger partial charge in [-0.2, -0.15) is 5.10 Å². The van der Waals surface area contributed by atoms with Gasteiger partial charge in [0.2, 0.25) is 0 Å². The molecule has 0 saturated carbocycles. The van der Waals surface area contributed by atoms with Gasteiger partial charge in [-0.3, -0.25) is 10.00 Å². The molecular formula is C20H31IN6O. The number of hydrogen-bond acceptors (Lipinski definition) is 4. The topological polar surface area (TPSA) is 77.6 Å². The van der Waals surface area contributed by atoms with Crippen molar-refractivity contribution in [1.82, 2.24) is 25.7 Å². The first-order valence-electron chi connectivity index (χ1n) is 9.69. The Morgan fingerprint density at radius 2 is 2.04 bits per heavy atom. The van der Waals surface area contributed by atoms with Crippen LogP contribution in [0.1, 0.15) is 37.1 Å². The van der Waals surface area contributed by atoms with Crippen molar-refractivity contribution in [3.8, 4) is 5.75 Å². The Morgan fingerprint density at radius 1 is 1.25 bits per heavy atom. The average molecular weight is 498 g/mol. The molecule has 2 aromatic rings. The van der Waals surface area contributed by atoms with E-state index in [1.54, 1.807) is 13.3 Å². The molecule has 1 atom stereocenters. The highest BCUT2D eigenvalue weighted by Gasteiger charge is 2.26. The Morgan fingerprint density at radius 3 is 2.71 bits per heavy atom. The maximum Gasteiger partial charge on any atom is 0.191 e. The summed E-state index contributed by atoms with van der Waals surface area (Å²) in [5.41, 5.74) is 2.21. The standard InChI is InChI=1S/C20H30N6O.HI/c1-3-21-20(22-14-16-10-11-24-25-16)23-15-18(26-12-6-7-13-26)17-8-4-5-9-19(17)27-2;/h4-5,8-11,18H,3,6-7,12-15H2,1-2H3,(H,24,25)(H2,21,22,23);1H. The van der Waals surface area contributed by atoms with Crippen LogP contribution < -0.4 is 15.4 Å². The first-order valence-corrected chi connectivity index (χ1v) is 9.69. The molecule has 2 heterocycles. The number of H-pyrrole nitrogens is 1. The summed E-state index contributed by atoms with van der Waals surface area (Å²) in [7, 11) is 1.74. The molecule has 1 unspecified atom stereocenters. The summed E-state index contributed by atoms with van der Waals surface area (Å²) in [5, 5.41) is 13.8. The van der Waals surface area contributed by atoms with E-state index in [2.05, 4.69) is 49.8 Å². The first-order chi connectivity index (χ1) is 13.3. The van der Waals surface area contributed by atoms with Crippen LogP contribution in [0.15, 0.2) is 41.5 Å². The van der Waals surface area contributed by atoms with Crippen LogP contribution >= 0.6 is 24.0 Å². The molecule has 3 N–H and O–H groups in total. The number of methoxy groups -OCH3 is 1. The van der Waals surface area contributed by atoms with Gasteiger partial charge in [0.15, 0.2) is 5.96 Å². The summed E-state index contributed by atoms with van der Waals surface area (Å²) in [6.45, 7) is 6.47. The number of aromatic amines is 1. The number of guanidine groups is 1. The van der Waals surface area contributed by atoms with Crippen molar-refractivity contribution in [2.75, 3.05) is 33.3 Å². The fourth-order valence-electron chi connectivity index (χ4n) is 3.50. The predicted octanol–water partition coefficient (Wildman–Crippen LogP) is 2.93. The zero-order valence-electron chi connectivity index (χ0n) is 16.6. The maximum absolute atomic E-state index is 5.63. The molecule has 1 aliphatic heterocycles. The Bertz CT molecular complexity index is 715. The molecule has 0 bridgehead atoms. The number of hydrogen-bond donors (Lipinski definition) is 3. The monoisotopic (exact) mass is 498 g/mol. The van der Waals surface area contributed by atoms with Gasteiger partial charge in [-0.25, -0.2) is 4.99 Å². The quantitative estimate of drug-likeness (QED) is 0.297. The van der Waals surface area contributed by atoms with Crippen LogP contribution in [0.25, 0.3) is 0 Å². The molecule has 1 aromatic carbocycles. The van der Waals surface area contributed by atoms with E-state index in [0.29, 0.717) is 6.54 Å². The fraction of sp³-hybridized carbons (Fsp3) is 0.500. The fourth-order valence-corrected chi connectivity index (χ4v) is 3.50. The lowest BCUT2D eigenvalue weighted by Crippen LogP contribution is -2.42. The van der Waals surface area contributed by atoms with Crippen molar-refractivity contribution in [1.29, 1.82) is 0 Å². The number of aliphatic imine (C=N–C) groups is 1. The van der Waals surface area contributed by atoms with Crippen LogP contribution in [0.2, 0.25) is 0 Å². The van der Waals surface area contributed by atoms with Gasteiger partial charge in [0.25, 0.3) is 0 Å². The van der Waals surface area contributed by atoms with Crippen LogP contribution in [0, 0.1) is 0 Å². The van der Waals surface area contributed by atoms with Crippen LogP contribution in [0.5, 0.6) is 5.75 Å². The zero-order chi connectivity index (χ0) is 18.9. The van der Waals surface area contributed by atoms with E-state index in [9.17, 15) is 0 Å². The van der Waals surface area contributed by atoms with E-state index in [-0.39, 0.29) is 30.0 Å². The van der Waals surface area contributed by atoms with Crippen molar-refractivity contribution in [3.05, 3.63) is 47.8 Å². The van der Waals surface area contributed by atoms with Crippen molar-refractivity contribution in [3.63, 3.8) is 0 Å². The highest BCUT2D eigenvalue weighted by molar-refractivity contribution is 14.0. The normalized spacial score (nSPS) is 15.7. The smallest absolute Gasteiger partial charge is 0.191 e. The largest absolute Gasteiger partial charge is 0.496 e. The lowest BCUT2D eigenvalue weighted by molar-refractivity contribution is 0.239. The molecule has 0 aliphatic carbocycles. The molecule has 0 radical (unpaired) electrons. The van der Waals surface area contributed by atoms with Gasteiger partial charge in [-0.05, 0) is 45.0 Å². The summed E-state index contributed by atoms with van der Waals surface area (Å²) in [6.07, 6.45) is 4.25. The van der Waals surface area contributed by atoms with E-state index in [4.69, 9.17) is 4.74 Å². The number of rotatable bonds is 8. The molecule has 1 fully saturated rings. The van der Waals surface area contributed by atoms with Crippen LogP contribution in [0.4, 0.5) is 0 Å². The Balaban J connectivity index is 0.00000280. The van der Waals surface area contributed by atoms with Gasteiger partial charge < -0.3 is 15.4 Å². The molecule has 0 amide bonds. The molecule has 1 saturated heterocycles. The number of likely N-dealkylation sites (tertiary alicyclic amines) is 1. The van der Waals surface area contributed by atoms with Crippen LogP contribution in [0.3, 0.4) is 0 Å². The van der Waals surface area contributed by atoms with Gasteiger partial charge in [0.1, 0.15) is 5.75 Å². The molecule has 3 rings (SSSR count). The minimum atomic E-state index is 0. The minimum absolute atomic E-state index is 0. The summed E-state index contributed by atoms with van der Waals surface area (Å²) < 4.78 is 5.63. The highest BCUT2D eigenvalue weighted by Crippen LogP contribution is 2.31. The van der Waals surface area contributed by atoms with Crippen molar-refractivity contribution in [2.45, 2.75) is 32.4 Å². The van der Waals surface area contributed by atoms with Gasteiger partial charge >= 0.3 is 0 Å². The van der Waals surface area contributed by atoms with Crippen molar-refractivity contribution in [2.24, 2.45) is 4.99 Å². The lowest BCUT2D eigenvalue weighted by Gasteiger charge is -2.30. The van der Waals surface area contributed by atoms with Crippen LogP contribution in [-0.4, -0.2) is 54.3 Å². The third-order valence-corrected chi connectivity index (χ3v) is 4.85. The Kier molecular flexibility index (Phi) is 9.56. The van der Waals surface area contributed by atoms with Crippen LogP contribution in [-0.2, 0) is 6.54 Å². The number of aromatic nitrogens is 2. The number of benzene rings is 1. The summed E-state index contributed by atoms with van der Waals surface area (Å²) in [6, 6.07) is 10.5. The molecule has 7 nitrogen and oxygen atoms in total. The number of halogens is 1. The number of ether oxygens (including phenoxy) is 1. The molecule has 1 aromatic heterocycles. The van der Waals surface area contributed by atoms with E-state index in [1.165, 1.54) is 18.4 Å². The van der Waals surface area contributed by atoms with E-state index in [0.717, 1.165) is 43.6 Å². The van der Waals surface area contributed by atoms with Crippen molar-refractivity contribution >= 4 is 29.9 Å². The Hall–Kier alpha value is -1.81. The summed E-state index contributed by atoms with van der Waals surface area (Å²) in [4.78, 5) is 7.20. The van der Waals surface area contributed by atoms with Crippen molar-refractivity contribution < 1.29 is 4.74 Å². The molecular weight excluding hydrogens is 467 g/mol. The Labute approximate surface area is 184 Å². The lowest BCUT2D eigenvalue weighted by atomic mass is 10.0. The molecule has 154 valence electrons. The number of nitrogens with zero attached hydrogens (tertiary/aromatic N) is 3. The van der Waals surface area contributed by atoms with E-state index < -0.39 is 0 Å². The van der Waals surface area contributed by atoms with Gasteiger partial charge in [0.05, 0.1) is 25.4 Å². The predicted molar refractivity (Wildman–Crippen MR) is 123 cm³/mol. The average Bonchev–Trinajstić information content (AvgIpc) is 3.41. The third kappa shape index (κ3) is 6.10. The minimum Gasteiger partial charge on any atom is -0.496 e. The third-order valence-electron chi connectivity index (χ3n) is 4.85. The van der Waals surface area contributed by atoms with E-state index >= 15 is 0 Å². The molecule has 28 heavy (non-hydrogen) atoms. The molecule has 1 aliphatic rings. The molecule has 0 spiro atoms. The second-order valence-corrected chi connectivity index (χ2v) is 6.66. The second kappa shape index (κ2) is 11.9. The second-order valence-electron chi connectivity index (χ2n) is 6.66. The van der Waals surface area contributed by atoms with Gasteiger partial charge in [-0.1, -0.05) is 18.2 Å². The number of para-hydroxylation sites is 1. The highest BCUT2D eigenvalue weighted by atomic mass is 127.